The van der Waals surface area contributed by atoms with Gasteiger partial charge in [0, 0.05) is 17.3 Å². The van der Waals surface area contributed by atoms with Gasteiger partial charge in [0.15, 0.2) is 0 Å². The van der Waals surface area contributed by atoms with Crippen LogP contribution < -0.4 is 0 Å². The van der Waals surface area contributed by atoms with Crippen LogP contribution in [0.2, 0.25) is 0 Å². The van der Waals surface area contributed by atoms with Crippen molar-refractivity contribution in [1.82, 2.24) is 0 Å². The number of benzene rings is 1. The number of phenolic OH excluding ortho intramolecular Hbond substituents is 2. The van der Waals surface area contributed by atoms with E-state index < -0.39 is 0 Å². The van der Waals surface area contributed by atoms with Gasteiger partial charge in [0.2, 0.25) is 0 Å². The second kappa shape index (κ2) is 4.62. The van der Waals surface area contributed by atoms with Gasteiger partial charge in [-0.3, -0.25) is 4.99 Å². The Bertz CT molecular complexity index is 347. The Hall–Kier alpha value is -1.55. The van der Waals surface area contributed by atoms with E-state index in [2.05, 4.69) is 4.99 Å². The minimum atomic E-state index is -0.0177. The summed E-state index contributed by atoms with van der Waals surface area (Å²) in [6.07, 6.45) is 0. The lowest BCUT2D eigenvalue weighted by atomic mass is 10.1. The van der Waals surface area contributed by atoms with Crippen LogP contribution in [0.4, 0.5) is 0 Å². The van der Waals surface area contributed by atoms with E-state index in [4.69, 9.17) is 10.2 Å². The summed E-state index contributed by atoms with van der Waals surface area (Å²) in [5.41, 5.74) is 1.20. The molecule has 0 radical (unpaired) electrons. The van der Waals surface area contributed by atoms with Gasteiger partial charge >= 0.3 is 0 Å². The number of phenols is 2. The third-order valence-corrected chi connectivity index (χ3v) is 1.82. The summed E-state index contributed by atoms with van der Waals surface area (Å²) in [5.74, 6) is 0.00500. The van der Waals surface area contributed by atoms with Crippen molar-refractivity contribution in [3.8, 4) is 11.5 Å². The lowest BCUT2D eigenvalue weighted by Crippen LogP contribution is -1.98. The van der Waals surface area contributed by atoms with E-state index in [0.717, 1.165) is 0 Å². The molecule has 76 valence electrons. The topological polar surface area (TPSA) is 73.1 Å². The largest absolute Gasteiger partial charge is 0.508 e. The highest BCUT2D eigenvalue weighted by atomic mass is 16.3. The Morgan fingerprint density at radius 3 is 2.64 bits per heavy atom. The van der Waals surface area contributed by atoms with Crippen LogP contribution in [0.15, 0.2) is 23.2 Å². The number of hydrogen-bond donors (Lipinski definition) is 3. The number of aliphatic hydroxyl groups is 1. The fourth-order valence-corrected chi connectivity index (χ4v) is 1.13. The average Bonchev–Trinajstić information content (AvgIpc) is 2.14. The van der Waals surface area contributed by atoms with Crippen molar-refractivity contribution >= 4 is 5.71 Å². The second-order valence-electron chi connectivity index (χ2n) is 2.89. The van der Waals surface area contributed by atoms with Gasteiger partial charge in [-0.2, -0.15) is 0 Å². The van der Waals surface area contributed by atoms with Crippen LogP contribution in [0.25, 0.3) is 0 Å². The lowest BCUT2D eigenvalue weighted by molar-refractivity contribution is 0.307. The van der Waals surface area contributed by atoms with Crippen molar-refractivity contribution in [3.63, 3.8) is 0 Å². The molecule has 0 unspecified atom stereocenters. The molecule has 0 aliphatic rings. The quantitative estimate of drug-likeness (QED) is 0.627. The van der Waals surface area contributed by atoms with E-state index >= 15 is 0 Å². The van der Waals surface area contributed by atoms with Crippen molar-refractivity contribution in [2.75, 3.05) is 13.2 Å². The summed E-state index contributed by atoms with van der Waals surface area (Å²) < 4.78 is 0. The number of aromatic hydroxyl groups is 2. The molecule has 1 rings (SSSR count). The summed E-state index contributed by atoms with van der Waals surface area (Å²) in [4.78, 5) is 4.03. The maximum atomic E-state index is 9.46. The van der Waals surface area contributed by atoms with E-state index in [0.29, 0.717) is 17.8 Å². The van der Waals surface area contributed by atoms with Crippen LogP contribution >= 0.6 is 0 Å². The first kappa shape index (κ1) is 10.5. The molecule has 0 aromatic heterocycles. The minimum Gasteiger partial charge on any atom is -0.508 e. The van der Waals surface area contributed by atoms with Crippen LogP contribution in [-0.4, -0.2) is 34.2 Å². The molecular formula is C10H13NO3. The van der Waals surface area contributed by atoms with Crippen molar-refractivity contribution in [2.24, 2.45) is 4.99 Å². The Morgan fingerprint density at radius 1 is 1.36 bits per heavy atom. The highest BCUT2D eigenvalue weighted by molar-refractivity contribution is 6.01. The van der Waals surface area contributed by atoms with Crippen LogP contribution in [0.1, 0.15) is 12.5 Å². The first-order valence-electron chi connectivity index (χ1n) is 4.29. The number of hydrogen-bond acceptors (Lipinski definition) is 4. The molecule has 0 saturated heterocycles. The smallest absolute Gasteiger partial charge is 0.128 e. The predicted molar refractivity (Wildman–Crippen MR) is 53.9 cm³/mol. The Balaban J connectivity index is 2.95. The number of aliphatic imine (C=N–C) groups is 1. The van der Waals surface area contributed by atoms with Gasteiger partial charge in [0.25, 0.3) is 0 Å². The Morgan fingerprint density at radius 2 is 2.07 bits per heavy atom. The van der Waals surface area contributed by atoms with E-state index in [9.17, 15) is 5.11 Å². The van der Waals surface area contributed by atoms with Gasteiger partial charge < -0.3 is 15.3 Å². The van der Waals surface area contributed by atoms with Gasteiger partial charge in [0.1, 0.15) is 11.5 Å². The van der Waals surface area contributed by atoms with Gasteiger partial charge in [-0.05, 0) is 19.1 Å². The molecule has 1 aromatic rings. The molecule has 0 aliphatic heterocycles. The van der Waals surface area contributed by atoms with E-state index in [-0.39, 0.29) is 18.1 Å². The molecule has 4 nitrogen and oxygen atoms in total. The monoisotopic (exact) mass is 195 g/mol. The third-order valence-electron chi connectivity index (χ3n) is 1.82. The molecule has 0 bridgehead atoms. The molecule has 0 heterocycles. The van der Waals surface area contributed by atoms with Crippen LogP contribution in [0.5, 0.6) is 11.5 Å². The maximum absolute atomic E-state index is 9.46. The third kappa shape index (κ3) is 2.47. The molecule has 0 atom stereocenters. The minimum absolute atomic E-state index is 0.0100. The zero-order chi connectivity index (χ0) is 10.6. The van der Waals surface area contributed by atoms with Gasteiger partial charge in [-0.1, -0.05) is 0 Å². The zero-order valence-electron chi connectivity index (χ0n) is 7.94. The molecular weight excluding hydrogens is 182 g/mol. The van der Waals surface area contributed by atoms with Crippen LogP contribution in [0, 0.1) is 0 Å². The summed E-state index contributed by atoms with van der Waals surface area (Å²) >= 11 is 0. The van der Waals surface area contributed by atoms with Gasteiger partial charge in [0.05, 0.1) is 13.2 Å². The van der Waals surface area contributed by atoms with Gasteiger partial charge in [-0.15, -0.1) is 0 Å². The van der Waals surface area contributed by atoms with Crippen molar-refractivity contribution in [2.45, 2.75) is 6.92 Å². The molecule has 0 fully saturated rings. The fraction of sp³-hybridized carbons (Fsp3) is 0.300. The highest BCUT2D eigenvalue weighted by Gasteiger charge is 2.04. The van der Waals surface area contributed by atoms with Crippen LogP contribution in [0.3, 0.4) is 0 Å². The van der Waals surface area contributed by atoms with E-state index in [1.54, 1.807) is 13.0 Å². The summed E-state index contributed by atoms with van der Waals surface area (Å²) in [6, 6.07) is 4.32. The predicted octanol–water partition coefficient (Wildman–Crippen LogP) is 0.899. The first-order valence-corrected chi connectivity index (χ1v) is 4.29. The van der Waals surface area contributed by atoms with Crippen LogP contribution in [-0.2, 0) is 0 Å². The van der Waals surface area contributed by atoms with Gasteiger partial charge in [-0.25, -0.2) is 0 Å². The molecule has 0 spiro atoms. The molecule has 0 amide bonds. The summed E-state index contributed by atoms with van der Waals surface area (Å²) in [7, 11) is 0. The van der Waals surface area contributed by atoms with Crippen molar-refractivity contribution in [1.29, 1.82) is 0 Å². The molecule has 0 saturated carbocycles. The Labute approximate surface area is 82.2 Å². The maximum Gasteiger partial charge on any atom is 0.128 e. The molecule has 1 aromatic carbocycles. The second-order valence-corrected chi connectivity index (χ2v) is 2.89. The molecule has 3 N–H and O–H groups in total. The number of rotatable bonds is 3. The SMILES string of the molecule is CC(=NCCO)c1ccc(O)cc1O. The molecule has 0 aliphatic carbocycles. The standard InChI is InChI=1S/C10H13NO3/c1-7(11-4-5-12)9-3-2-8(13)6-10(9)14/h2-3,6,12-14H,4-5H2,1H3. The fourth-order valence-electron chi connectivity index (χ4n) is 1.13. The summed E-state index contributed by atoms with van der Waals surface area (Å²) in [5, 5.41) is 27.1. The van der Waals surface area contributed by atoms with E-state index in [1.807, 2.05) is 0 Å². The highest BCUT2D eigenvalue weighted by Crippen LogP contribution is 2.22. The molecule has 14 heavy (non-hydrogen) atoms. The number of aliphatic hydroxyl groups excluding tert-OH is 1. The first-order chi connectivity index (χ1) is 6.65. The van der Waals surface area contributed by atoms with Crippen molar-refractivity contribution in [3.05, 3.63) is 23.8 Å². The summed E-state index contributed by atoms with van der Waals surface area (Å²) in [6.45, 7) is 2.03. The number of nitrogens with zero attached hydrogens (tertiary/aromatic N) is 1. The normalized spacial score (nSPS) is 11.7. The Kier molecular flexibility index (Phi) is 3.48. The molecule has 4 heteroatoms. The van der Waals surface area contributed by atoms with E-state index in [1.165, 1.54) is 12.1 Å². The lowest BCUT2D eigenvalue weighted by Gasteiger charge is -2.04. The zero-order valence-corrected chi connectivity index (χ0v) is 7.94. The van der Waals surface area contributed by atoms with Crippen molar-refractivity contribution < 1.29 is 15.3 Å². The average molecular weight is 195 g/mol.